The number of carboxylic acid groups (broad SMARTS) is 1. The highest BCUT2D eigenvalue weighted by atomic mass is 79.9. The second-order valence-electron chi connectivity index (χ2n) is 2.49. The lowest BCUT2D eigenvalue weighted by Crippen LogP contribution is -2.05. The molecule has 0 spiro atoms. The maximum absolute atomic E-state index is 10.2. The molecule has 0 saturated heterocycles. The van der Waals surface area contributed by atoms with Gasteiger partial charge in [-0.25, -0.2) is 0 Å². The number of aromatic nitrogens is 2. The van der Waals surface area contributed by atoms with Gasteiger partial charge in [0.1, 0.15) is 4.60 Å². The number of rotatable bonds is 3. The number of aliphatic carboxylic acids is 1. The Labute approximate surface area is 78.3 Å². The van der Waals surface area contributed by atoms with Crippen molar-refractivity contribution in [1.29, 1.82) is 0 Å². The van der Waals surface area contributed by atoms with Gasteiger partial charge in [-0.1, -0.05) is 0 Å². The summed E-state index contributed by atoms with van der Waals surface area (Å²) in [6, 6.07) is 0. The molecule has 0 radical (unpaired) electrons. The number of halogens is 1. The van der Waals surface area contributed by atoms with Crippen LogP contribution in [0.1, 0.15) is 12.0 Å². The molecule has 0 bridgehead atoms. The van der Waals surface area contributed by atoms with Gasteiger partial charge in [-0.05, 0) is 22.9 Å². The van der Waals surface area contributed by atoms with E-state index in [1.54, 1.807) is 10.9 Å². The van der Waals surface area contributed by atoms with Crippen LogP contribution in [0, 0.1) is 6.92 Å². The molecule has 1 heterocycles. The van der Waals surface area contributed by atoms with Crippen molar-refractivity contribution < 1.29 is 9.90 Å². The molecular formula is C7H9BrN2O2. The molecule has 1 N–H and O–H groups in total. The third kappa shape index (κ3) is 2.07. The number of nitrogens with zero attached hydrogens (tertiary/aromatic N) is 2. The first-order chi connectivity index (χ1) is 5.61. The van der Waals surface area contributed by atoms with Crippen molar-refractivity contribution in [2.75, 3.05) is 0 Å². The second-order valence-corrected chi connectivity index (χ2v) is 3.24. The van der Waals surface area contributed by atoms with Crippen LogP contribution in [-0.4, -0.2) is 20.9 Å². The molecule has 0 aliphatic heterocycles. The van der Waals surface area contributed by atoms with E-state index in [1.807, 2.05) is 6.92 Å². The Kier molecular flexibility index (Phi) is 2.86. The van der Waals surface area contributed by atoms with Crippen molar-refractivity contribution in [3.63, 3.8) is 0 Å². The molecule has 0 aromatic carbocycles. The predicted octanol–water partition coefficient (Wildman–Crippen LogP) is 1.43. The Bertz CT molecular complexity index is 296. The lowest BCUT2D eigenvalue weighted by Gasteiger charge is -1.99. The van der Waals surface area contributed by atoms with Gasteiger partial charge in [0.2, 0.25) is 0 Å². The van der Waals surface area contributed by atoms with Gasteiger partial charge in [0.15, 0.2) is 0 Å². The van der Waals surface area contributed by atoms with Crippen molar-refractivity contribution in [2.24, 2.45) is 0 Å². The number of carbonyl (C=O) groups is 1. The topological polar surface area (TPSA) is 55.1 Å². The molecule has 0 aliphatic rings. The summed E-state index contributed by atoms with van der Waals surface area (Å²) in [7, 11) is 0. The second kappa shape index (κ2) is 3.71. The lowest BCUT2D eigenvalue weighted by molar-refractivity contribution is -0.137. The standard InChI is InChI=1S/C7H9BrN2O2/c1-5-4-9-10(7(5)8)3-2-6(11)12/h4H,2-3H2,1H3,(H,11,12). The van der Waals surface area contributed by atoms with E-state index in [-0.39, 0.29) is 6.42 Å². The Balaban J connectivity index is 2.63. The van der Waals surface area contributed by atoms with Gasteiger partial charge < -0.3 is 5.11 Å². The van der Waals surface area contributed by atoms with Crippen LogP contribution in [0.15, 0.2) is 10.8 Å². The zero-order chi connectivity index (χ0) is 9.14. The van der Waals surface area contributed by atoms with Crippen LogP contribution >= 0.6 is 15.9 Å². The zero-order valence-electron chi connectivity index (χ0n) is 6.62. The van der Waals surface area contributed by atoms with E-state index in [1.165, 1.54) is 0 Å². The third-order valence-corrected chi connectivity index (χ3v) is 2.52. The summed E-state index contributed by atoms with van der Waals surface area (Å²) in [5.74, 6) is -0.810. The normalized spacial score (nSPS) is 10.2. The van der Waals surface area contributed by atoms with E-state index in [4.69, 9.17) is 5.11 Å². The molecule has 0 aliphatic carbocycles. The number of carboxylic acids is 1. The predicted molar refractivity (Wildman–Crippen MR) is 46.9 cm³/mol. The van der Waals surface area contributed by atoms with Crippen LogP contribution in [0.25, 0.3) is 0 Å². The number of hydrogen-bond donors (Lipinski definition) is 1. The minimum absolute atomic E-state index is 0.0969. The highest BCUT2D eigenvalue weighted by molar-refractivity contribution is 9.10. The third-order valence-electron chi connectivity index (χ3n) is 1.48. The summed E-state index contributed by atoms with van der Waals surface area (Å²) in [4.78, 5) is 10.2. The van der Waals surface area contributed by atoms with Gasteiger partial charge in [-0.15, -0.1) is 0 Å². The van der Waals surface area contributed by atoms with Crippen molar-refractivity contribution in [3.8, 4) is 0 Å². The van der Waals surface area contributed by atoms with E-state index in [0.29, 0.717) is 6.54 Å². The number of aryl methyl sites for hydroxylation is 2. The van der Waals surface area contributed by atoms with Crippen LogP contribution in [-0.2, 0) is 11.3 Å². The molecule has 12 heavy (non-hydrogen) atoms. The first-order valence-electron chi connectivity index (χ1n) is 3.51. The molecule has 0 amide bonds. The van der Waals surface area contributed by atoms with Crippen LogP contribution < -0.4 is 0 Å². The highest BCUT2D eigenvalue weighted by Crippen LogP contribution is 2.14. The molecule has 66 valence electrons. The Morgan fingerprint density at radius 2 is 2.50 bits per heavy atom. The molecule has 5 heteroatoms. The van der Waals surface area contributed by atoms with Crippen molar-refractivity contribution >= 4 is 21.9 Å². The van der Waals surface area contributed by atoms with Crippen LogP contribution in [0.4, 0.5) is 0 Å². The molecule has 0 fully saturated rings. The summed E-state index contributed by atoms with van der Waals surface area (Å²) in [5.41, 5.74) is 1.01. The first-order valence-corrected chi connectivity index (χ1v) is 4.30. The van der Waals surface area contributed by atoms with Crippen LogP contribution in [0.2, 0.25) is 0 Å². The van der Waals surface area contributed by atoms with E-state index in [9.17, 15) is 4.79 Å². The van der Waals surface area contributed by atoms with Crippen LogP contribution in [0.5, 0.6) is 0 Å². The monoisotopic (exact) mass is 232 g/mol. The molecule has 0 unspecified atom stereocenters. The van der Waals surface area contributed by atoms with Crippen molar-refractivity contribution in [1.82, 2.24) is 9.78 Å². The van der Waals surface area contributed by atoms with Gasteiger partial charge in [-0.2, -0.15) is 5.10 Å². The first kappa shape index (κ1) is 9.25. The summed E-state index contributed by atoms with van der Waals surface area (Å²) in [6.07, 6.45) is 1.80. The van der Waals surface area contributed by atoms with E-state index in [2.05, 4.69) is 21.0 Å². The summed E-state index contributed by atoms with van der Waals surface area (Å²) >= 11 is 3.31. The van der Waals surface area contributed by atoms with Gasteiger partial charge >= 0.3 is 5.97 Å². The number of hydrogen-bond acceptors (Lipinski definition) is 2. The highest BCUT2D eigenvalue weighted by Gasteiger charge is 2.04. The smallest absolute Gasteiger partial charge is 0.305 e. The van der Waals surface area contributed by atoms with Crippen LogP contribution in [0.3, 0.4) is 0 Å². The summed E-state index contributed by atoms with van der Waals surface area (Å²) < 4.78 is 2.48. The SMILES string of the molecule is Cc1cnn(CCC(=O)O)c1Br. The Hall–Kier alpha value is -0.840. The fraction of sp³-hybridized carbons (Fsp3) is 0.429. The maximum atomic E-state index is 10.2. The summed E-state index contributed by atoms with van der Waals surface area (Å²) in [5, 5.41) is 12.4. The lowest BCUT2D eigenvalue weighted by atomic mass is 10.4. The molecular weight excluding hydrogens is 224 g/mol. The van der Waals surface area contributed by atoms with E-state index >= 15 is 0 Å². The van der Waals surface area contributed by atoms with Crippen molar-refractivity contribution in [2.45, 2.75) is 19.9 Å². The van der Waals surface area contributed by atoms with Gasteiger partial charge in [0.05, 0.1) is 19.2 Å². The quantitative estimate of drug-likeness (QED) is 0.859. The molecule has 4 nitrogen and oxygen atoms in total. The fourth-order valence-corrected chi connectivity index (χ4v) is 1.19. The average molecular weight is 233 g/mol. The molecule has 1 rings (SSSR count). The minimum atomic E-state index is -0.810. The van der Waals surface area contributed by atoms with Gasteiger partial charge in [0.25, 0.3) is 0 Å². The molecule has 1 aromatic heterocycles. The van der Waals surface area contributed by atoms with Gasteiger partial charge in [-0.3, -0.25) is 9.48 Å². The maximum Gasteiger partial charge on any atom is 0.305 e. The summed E-state index contributed by atoms with van der Waals surface area (Å²) in [6.45, 7) is 2.32. The molecule has 1 aromatic rings. The minimum Gasteiger partial charge on any atom is -0.481 e. The van der Waals surface area contributed by atoms with E-state index in [0.717, 1.165) is 10.2 Å². The zero-order valence-corrected chi connectivity index (χ0v) is 8.21. The van der Waals surface area contributed by atoms with E-state index < -0.39 is 5.97 Å². The molecule has 0 saturated carbocycles. The Morgan fingerprint density at radius 3 is 2.92 bits per heavy atom. The Morgan fingerprint density at radius 1 is 1.83 bits per heavy atom. The fourth-order valence-electron chi connectivity index (χ4n) is 0.821. The average Bonchev–Trinajstić information content (AvgIpc) is 2.30. The molecule has 0 atom stereocenters. The van der Waals surface area contributed by atoms with Gasteiger partial charge in [0, 0.05) is 5.56 Å². The van der Waals surface area contributed by atoms with Crippen molar-refractivity contribution in [3.05, 3.63) is 16.4 Å². The largest absolute Gasteiger partial charge is 0.481 e.